The Morgan fingerprint density at radius 2 is 2.31 bits per heavy atom. The summed E-state index contributed by atoms with van der Waals surface area (Å²) in [5.74, 6) is -0.386. The number of carbonyl (C=O) groups is 1. The van der Waals surface area contributed by atoms with Gasteiger partial charge in [0, 0.05) is 6.20 Å². The van der Waals surface area contributed by atoms with Crippen LogP contribution in [0.3, 0.4) is 0 Å². The van der Waals surface area contributed by atoms with E-state index in [1.165, 1.54) is 0 Å². The first-order valence-corrected chi connectivity index (χ1v) is 5.55. The van der Waals surface area contributed by atoms with Gasteiger partial charge >= 0.3 is 5.97 Å². The molecule has 0 saturated heterocycles. The highest BCUT2D eigenvalue weighted by Crippen LogP contribution is 2.11. The Kier molecular flexibility index (Phi) is 4.49. The topological polar surface area (TPSA) is 70.1 Å². The van der Waals surface area contributed by atoms with E-state index in [1.54, 1.807) is 17.8 Å². The van der Waals surface area contributed by atoms with Crippen molar-refractivity contribution in [2.24, 2.45) is 5.73 Å². The van der Waals surface area contributed by atoms with E-state index in [0.717, 1.165) is 12.0 Å². The zero-order valence-corrected chi connectivity index (χ0v) is 10.0. The second-order valence-electron chi connectivity index (χ2n) is 3.70. The van der Waals surface area contributed by atoms with Gasteiger partial charge in [-0.2, -0.15) is 5.10 Å². The molecule has 2 atom stereocenters. The zero-order valence-electron chi connectivity index (χ0n) is 10.0. The molecule has 2 N–H and O–H groups in total. The lowest BCUT2D eigenvalue weighted by Crippen LogP contribution is -2.39. The van der Waals surface area contributed by atoms with Crippen LogP contribution < -0.4 is 5.73 Å². The monoisotopic (exact) mass is 225 g/mol. The van der Waals surface area contributed by atoms with E-state index in [-0.39, 0.29) is 12.0 Å². The lowest BCUT2D eigenvalue weighted by Gasteiger charge is -2.18. The van der Waals surface area contributed by atoms with Crippen molar-refractivity contribution in [1.82, 2.24) is 9.78 Å². The number of nitrogens with two attached hydrogens (primary N) is 1. The second-order valence-corrected chi connectivity index (χ2v) is 3.70. The number of aryl methyl sites for hydroxylation is 1. The first kappa shape index (κ1) is 12.7. The SMILES string of the molecule is CCOC(=O)C(N)C(C)n1cc(CC)cn1. The summed E-state index contributed by atoms with van der Waals surface area (Å²) in [6, 6.07) is -0.871. The van der Waals surface area contributed by atoms with Crippen molar-refractivity contribution in [3.8, 4) is 0 Å². The molecule has 2 unspecified atom stereocenters. The second kappa shape index (κ2) is 5.65. The largest absolute Gasteiger partial charge is 0.465 e. The molecule has 1 aromatic rings. The zero-order chi connectivity index (χ0) is 12.1. The lowest BCUT2D eigenvalue weighted by molar-refractivity contribution is -0.145. The molecule has 5 heteroatoms. The Bertz CT molecular complexity index is 349. The van der Waals surface area contributed by atoms with E-state index in [9.17, 15) is 4.79 Å². The molecule has 0 bridgehead atoms. The predicted octanol–water partition coefficient (Wildman–Crippen LogP) is 0.897. The summed E-state index contributed by atoms with van der Waals surface area (Å²) in [5.41, 5.74) is 6.92. The molecule has 0 aliphatic carbocycles. The third-order valence-corrected chi connectivity index (χ3v) is 2.56. The lowest BCUT2D eigenvalue weighted by atomic mass is 10.1. The van der Waals surface area contributed by atoms with Crippen LogP contribution in [0.15, 0.2) is 12.4 Å². The van der Waals surface area contributed by atoms with Crippen LogP contribution in [-0.4, -0.2) is 28.4 Å². The molecule has 0 radical (unpaired) electrons. The Balaban J connectivity index is 2.69. The molecule has 5 nitrogen and oxygen atoms in total. The van der Waals surface area contributed by atoms with Gasteiger partial charge in [-0.05, 0) is 25.8 Å². The molecule has 0 aliphatic heterocycles. The average molecular weight is 225 g/mol. The van der Waals surface area contributed by atoms with Crippen LogP contribution in [0, 0.1) is 0 Å². The normalized spacial score (nSPS) is 14.5. The van der Waals surface area contributed by atoms with Crippen molar-refractivity contribution in [3.63, 3.8) is 0 Å². The smallest absolute Gasteiger partial charge is 0.325 e. The summed E-state index contributed by atoms with van der Waals surface area (Å²) >= 11 is 0. The third-order valence-electron chi connectivity index (χ3n) is 2.56. The van der Waals surface area contributed by atoms with Gasteiger partial charge in [0.15, 0.2) is 0 Å². The van der Waals surface area contributed by atoms with Crippen molar-refractivity contribution in [2.75, 3.05) is 6.61 Å². The highest BCUT2D eigenvalue weighted by Gasteiger charge is 2.23. The summed E-state index contributed by atoms with van der Waals surface area (Å²) in [4.78, 5) is 11.4. The van der Waals surface area contributed by atoms with Gasteiger partial charge in [0.05, 0.1) is 18.8 Å². The van der Waals surface area contributed by atoms with E-state index in [2.05, 4.69) is 12.0 Å². The molecular formula is C11H19N3O2. The van der Waals surface area contributed by atoms with Crippen molar-refractivity contribution >= 4 is 5.97 Å². The fourth-order valence-electron chi connectivity index (χ4n) is 1.38. The summed E-state index contributed by atoms with van der Waals surface area (Å²) in [5, 5.41) is 4.18. The van der Waals surface area contributed by atoms with Crippen LogP contribution in [0.25, 0.3) is 0 Å². The molecule has 0 saturated carbocycles. The van der Waals surface area contributed by atoms with E-state index in [4.69, 9.17) is 10.5 Å². The summed E-state index contributed by atoms with van der Waals surface area (Å²) in [6.45, 7) is 6.02. The maximum absolute atomic E-state index is 11.4. The molecule has 0 fully saturated rings. The molecule has 0 aromatic carbocycles. The average Bonchev–Trinajstić information content (AvgIpc) is 2.75. The van der Waals surface area contributed by atoms with Crippen LogP contribution in [0.1, 0.15) is 32.4 Å². The van der Waals surface area contributed by atoms with Gasteiger partial charge in [0.1, 0.15) is 6.04 Å². The summed E-state index contributed by atoms with van der Waals surface area (Å²) in [7, 11) is 0. The molecule has 0 aliphatic rings. The van der Waals surface area contributed by atoms with Gasteiger partial charge in [-0.3, -0.25) is 9.48 Å². The van der Waals surface area contributed by atoms with Crippen molar-refractivity contribution in [2.45, 2.75) is 39.3 Å². The Morgan fingerprint density at radius 3 is 2.81 bits per heavy atom. The minimum absolute atomic E-state index is 0.195. The molecule has 0 spiro atoms. The quantitative estimate of drug-likeness (QED) is 0.756. The number of esters is 1. The van der Waals surface area contributed by atoms with Crippen LogP contribution in [0.2, 0.25) is 0 Å². The van der Waals surface area contributed by atoms with Crippen LogP contribution in [0.5, 0.6) is 0 Å². The molecule has 1 aromatic heterocycles. The molecule has 90 valence electrons. The molecule has 1 rings (SSSR count). The molecular weight excluding hydrogens is 206 g/mol. The highest BCUT2D eigenvalue weighted by atomic mass is 16.5. The minimum atomic E-state index is -0.676. The predicted molar refractivity (Wildman–Crippen MR) is 60.9 cm³/mol. The maximum Gasteiger partial charge on any atom is 0.325 e. The standard InChI is InChI=1S/C11H19N3O2/c1-4-9-6-13-14(7-9)8(3)10(12)11(15)16-5-2/h6-8,10H,4-5,12H2,1-3H3. The number of hydrogen-bond donors (Lipinski definition) is 1. The van der Waals surface area contributed by atoms with Gasteiger partial charge < -0.3 is 10.5 Å². The summed E-state index contributed by atoms with van der Waals surface area (Å²) in [6.07, 6.45) is 4.61. The van der Waals surface area contributed by atoms with Gasteiger partial charge in [0.25, 0.3) is 0 Å². The highest BCUT2D eigenvalue weighted by molar-refractivity contribution is 5.76. The number of aromatic nitrogens is 2. The van der Waals surface area contributed by atoms with Crippen molar-refractivity contribution in [3.05, 3.63) is 18.0 Å². The minimum Gasteiger partial charge on any atom is -0.465 e. The Morgan fingerprint density at radius 1 is 1.62 bits per heavy atom. The Hall–Kier alpha value is -1.36. The first-order valence-electron chi connectivity index (χ1n) is 5.55. The van der Waals surface area contributed by atoms with Crippen LogP contribution in [-0.2, 0) is 16.0 Å². The number of nitrogens with zero attached hydrogens (tertiary/aromatic N) is 2. The van der Waals surface area contributed by atoms with E-state index in [1.807, 2.05) is 13.1 Å². The van der Waals surface area contributed by atoms with Gasteiger partial charge in [0.2, 0.25) is 0 Å². The number of carbonyl (C=O) groups excluding carboxylic acids is 1. The number of ether oxygens (including phenoxy) is 1. The third kappa shape index (κ3) is 2.82. The van der Waals surface area contributed by atoms with Crippen LogP contribution in [0.4, 0.5) is 0 Å². The van der Waals surface area contributed by atoms with Crippen molar-refractivity contribution in [1.29, 1.82) is 0 Å². The van der Waals surface area contributed by atoms with E-state index < -0.39 is 6.04 Å². The maximum atomic E-state index is 11.4. The fraction of sp³-hybridized carbons (Fsp3) is 0.636. The van der Waals surface area contributed by atoms with Gasteiger partial charge in [-0.1, -0.05) is 6.92 Å². The molecule has 1 heterocycles. The number of hydrogen-bond acceptors (Lipinski definition) is 4. The Labute approximate surface area is 95.6 Å². The molecule has 0 amide bonds. The first-order chi connectivity index (χ1) is 7.60. The van der Waals surface area contributed by atoms with Crippen molar-refractivity contribution < 1.29 is 9.53 Å². The van der Waals surface area contributed by atoms with E-state index in [0.29, 0.717) is 6.61 Å². The van der Waals surface area contributed by atoms with Gasteiger partial charge in [-0.15, -0.1) is 0 Å². The van der Waals surface area contributed by atoms with Crippen LogP contribution >= 0.6 is 0 Å². The molecule has 16 heavy (non-hydrogen) atoms. The number of rotatable bonds is 5. The van der Waals surface area contributed by atoms with Gasteiger partial charge in [-0.25, -0.2) is 0 Å². The summed E-state index contributed by atoms with van der Waals surface area (Å²) < 4.78 is 6.58. The fourth-order valence-corrected chi connectivity index (χ4v) is 1.38. The van der Waals surface area contributed by atoms with E-state index >= 15 is 0 Å².